The normalized spacial score (nSPS) is 10.8. The number of nitrogens with one attached hydrogen (secondary N) is 2. The molecule has 0 atom stereocenters. The highest BCUT2D eigenvalue weighted by atomic mass is 35.5. The van der Waals surface area contributed by atoms with Crippen LogP contribution in [0.2, 0.25) is 5.02 Å². The zero-order valence-electron chi connectivity index (χ0n) is 15.1. The summed E-state index contributed by atoms with van der Waals surface area (Å²) in [6.07, 6.45) is 1.41. The lowest BCUT2D eigenvalue weighted by Crippen LogP contribution is -2.14. The number of carbonyl (C=O) groups excluding carboxylic acids is 1. The summed E-state index contributed by atoms with van der Waals surface area (Å²) in [6.45, 7) is 5.97. The lowest BCUT2D eigenvalue weighted by Gasteiger charge is -2.12. The van der Waals surface area contributed by atoms with E-state index in [1.165, 1.54) is 13.3 Å². The van der Waals surface area contributed by atoms with Crippen LogP contribution in [-0.4, -0.2) is 13.0 Å². The van der Waals surface area contributed by atoms with Gasteiger partial charge in [-0.15, -0.1) is 0 Å². The van der Waals surface area contributed by atoms with Crippen molar-refractivity contribution in [3.63, 3.8) is 0 Å². The summed E-state index contributed by atoms with van der Waals surface area (Å²) in [4.78, 5) is 12.3. The summed E-state index contributed by atoms with van der Waals surface area (Å²) >= 11 is 6.05. The van der Waals surface area contributed by atoms with Gasteiger partial charge >= 0.3 is 0 Å². The SMILES string of the molecule is COc1ccc(NC(=O)/C(C#N)=C\Nc2c(C)cc(C)cc2C)cc1Cl. The number of nitriles is 1. The molecule has 0 saturated heterocycles. The van der Waals surface area contributed by atoms with Crippen LogP contribution in [0.4, 0.5) is 11.4 Å². The van der Waals surface area contributed by atoms with E-state index in [4.69, 9.17) is 16.3 Å². The Morgan fingerprint density at radius 1 is 1.19 bits per heavy atom. The van der Waals surface area contributed by atoms with Gasteiger partial charge in [-0.1, -0.05) is 29.3 Å². The Kier molecular flexibility index (Phi) is 6.26. The Bertz CT molecular complexity index is 891. The molecular formula is C20H20ClN3O2. The second-order valence-electron chi connectivity index (χ2n) is 5.89. The van der Waals surface area contributed by atoms with Gasteiger partial charge in [0.1, 0.15) is 17.4 Å². The molecule has 5 nitrogen and oxygen atoms in total. The molecule has 26 heavy (non-hydrogen) atoms. The van der Waals surface area contributed by atoms with Crippen molar-refractivity contribution < 1.29 is 9.53 Å². The van der Waals surface area contributed by atoms with Crippen molar-refractivity contribution in [1.82, 2.24) is 0 Å². The number of nitrogens with zero attached hydrogens (tertiary/aromatic N) is 1. The molecule has 0 aliphatic heterocycles. The van der Waals surface area contributed by atoms with Gasteiger partial charge in [0, 0.05) is 17.6 Å². The molecule has 0 radical (unpaired) electrons. The standard InChI is InChI=1S/C20H20ClN3O2/c1-12-7-13(2)19(14(3)8-12)23-11-15(10-22)20(25)24-16-5-6-18(26-4)17(21)9-16/h5-9,11,23H,1-4H3,(H,24,25)/b15-11-. The Morgan fingerprint density at radius 2 is 1.85 bits per heavy atom. The van der Waals surface area contributed by atoms with Crippen LogP contribution in [0.1, 0.15) is 16.7 Å². The van der Waals surface area contributed by atoms with Gasteiger partial charge in [0.25, 0.3) is 5.91 Å². The maximum atomic E-state index is 12.3. The quantitative estimate of drug-likeness (QED) is 0.590. The molecule has 6 heteroatoms. The molecule has 134 valence electrons. The van der Waals surface area contributed by atoms with Gasteiger partial charge in [-0.05, 0) is 50.1 Å². The Morgan fingerprint density at radius 3 is 2.38 bits per heavy atom. The lowest BCUT2D eigenvalue weighted by molar-refractivity contribution is -0.112. The third-order valence-corrected chi connectivity index (χ3v) is 4.11. The van der Waals surface area contributed by atoms with Crippen LogP contribution in [0.25, 0.3) is 0 Å². The summed E-state index contributed by atoms with van der Waals surface area (Å²) in [7, 11) is 1.51. The van der Waals surface area contributed by atoms with Gasteiger partial charge in [-0.2, -0.15) is 5.26 Å². The van der Waals surface area contributed by atoms with Gasteiger partial charge in [0.2, 0.25) is 0 Å². The number of carbonyl (C=O) groups is 1. The fourth-order valence-corrected chi connectivity index (χ4v) is 2.90. The van der Waals surface area contributed by atoms with E-state index >= 15 is 0 Å². The largest absolute Gasteiger partial charge is 0.495 e. The molecule has 2 rings (SSSR count). The molecule has 0 aromatic heterocycles. The topological polar surface area (TPSA) is 74.1 Å². The molecule has 0 bridgehead atoms. The van der Waals surface area contributed by atoms with Crippen molar-refractivity contribution in [3.05, 3.63) is 63.8 Å². The maximum absolute atomic E-state index is 12.3. The smallest absolute Gasteiger partial charge is 0.267 e. The molecule has 1 amide bonds. The monoisotopic (exact) mass is 369 g/mol. The maximum Gasteiger partial charge on any atom is 0.267 e. The first kappa shape index (κ1) is 19.4. The zero-order chi connectivity index (χ0) is 19.3. The first-order chi connectivity index (χ1) is 12.3. The van der Waals surface area contributed by atoms with Gasteiger partial charge < -0.3 is 15.4 Å². The summed E-state index contributed by atoms with van der Waals surface area (Å²) in [6, 6.07) is 10.8. The summed E-state index contributed by atoms with van der Waals surface area (Å²) in [5.41, 5.74) is 4.55. The van der Waals surface area contributed by atoms with Crippen LogP contribution in [0.3, 0.4) is 0 Å². The molecule has 0 aliphatic carbocycles. The van der Waals surface area contributed by atoms with Crippen LogP contribution in [0.5, 0.6) is 5.75 Å². The van der Waals surface area contributed by atoms with Crippen LogP contribution < -0.4 is 15.4 Å². The van der Waals surface area contributed by atoms with Gasteiger partial charge in [-0.25, -0.2) is 0 Å². The Balaban J connectivity index is 2.17. The zero-order valence-corrected chi connectivity index (χ0v) is 15.9. The number of amides is 1. The van der Waals surface area contributed by atoms with E-state index in [1.807, 2.05) is 39.0 Å². The number of methoxy groups -OCH3 is 1. The third-order valence-electron chi connectivity index (χ3n) is 3.81. The minimum Gasteiger partial charge on any atom is -0.495 e. The molecule has 0 heterocycles. The van der Waals surface area contributed by atoms with Crippen molar-refractivity contribution in [3.8, 4) is 11.8 Å². The number of aryl methyl sites for hydroxylation is 3. The van der Waals surface area contributed by atoms with E-state index in [9.17, 15) is 10.1 Å². The average Bonchev–Trinajstić information content (AvgIpc) is 2.57. The fraction of sp³-hybridized carbons (Fsp3) is 0.200. The molecule has 2 N–H and O–H groups in total. The predicted molar refractivity (Wildman–Crippen MR) is 105 cm³/mol. The summed E-state index contributed by atoms with van der Waals surface area (Å²) < 4.78 is 5.07. The highest BCUT2D eigenvalue weighted by Crippen LogP contribution is 2.27. The van der Waals surface area contributed by atoms with Gasteiger partial charge in [-0.3, -0.25) is 4.79 Å². The third kappa shape index (κ3) is 4.56. The van der Waals surface area contributed by atoms with E-state index in [0.29, 0.717) is 16.5 Å². The number of hydrogen-bond donors (Lipinski definition) is 2. The van der Waals surface area contributed by atoms with Crippen molar-refractivity contribution in [2.45, 2.75) is 20.8 Å². The van der Waals surface area contributed by atoms with Crippen molar-refractivity contribution in [1.29, 1.82) is 5.26 Å². The van der Waals surface area contributed by atoms with Gasteiger partial charge in [0.15, 0.2) is 0 Å². The summed E-state index contributed by atoms with van der Waals surface area (Å²) in [5, 5.41) is 15.4. The minimum absolute atomic E-state index is 0.0451. The predicted octanol–water partition coefficient (Wildman–Crippen LogP) is 4.73. The minimum atomic E-state index is -0.524. The number of hydrogen-bond acceptors (Lipinski definition) is 4. The van der Waals surface area contributed by atoms with Crippen LogP contribution in [-0.2, 0) is 4.79 Å². The number of halogens is 1. The van der Waals surface area contributed by atoms with E-state index in [-0.39, 0.29) is 5.57 Å². The number of benzene rings is 2. The second kappa shape index (κ2) is 8.41. The van der Waals surface area contributed by atoms with Crippen molar-refractivity contribution >= 4 is 28.9 Å². The van der Waals surface area contributed by atoms with Gasteiger partial charge in [0.05, 0.1) is 12.1 Å². The van der Waals surface area contributed by atoms with Crippen LogP contribution in [0.15, 0.2) is 42.1 Å². The molecule has 2 aromatic carbocycles. The first-order valence-corrected chi connectivity index (χ1v) is 8.33. The Hall–Kier alpha value is -2.97. The molecule has 0 saturated carbocycles. The highest BCUT2D eigenvalue weighted by Gasteiger charge is 2.11. The number of anilines is 2. The lowest BCUT2D eigenvalue weighted by atomic mass is 10.1. The van der Waals surface area contributed by atoms with Crippen LogP contribution in [0, 0.1) is 32.1 Å². The van der Waals surface area contributed by atoms with E-state index in [2.05, 4.69) is 10.6 Å². The highest BCUT2D eigenvalue weighted by molar-refractivity contribution is 6.32. The number of ether oxygens (including phenoxy) is 1. The first-order valence-electron chi connectivity index (χ1n) is 7.95. The van der Waals surface area contributed by atoms with E-state index in [1.54, 1.807) is 18.2 Å². The Labute approximate surface area is 158 Å². The molecular weight excluding hydrogens is 350 g/mol. The van der Waals surface area contributed by atoms with Crippen molar-refractivity contribution in [2.75, 3.05) is 17.7 Å². The fourth-order valence-electron chi connectivity index (χ4n) is 2.64. The van der Waals surface area contributed by atoms with E-state index in [0.717, 1.165) is 22.4 Å². The van der Waals surface area contributed by atoms with Crippen molar-refractivity contribution in [2.24, 2.45) is 0 Å². The molecule has 0 fully saturated rings. The summed E-state index contributed by atoms with van der Waals surface area (Å²) in [5.74, 6) is -0.0173. The second-order valence-corrected chi connectivity index (χ2v) is 6.30. The molecule has 0 aliphatic rings. The van der Waals surface area contributed by atoms with E-state index < -0.39 is 5.91 Å². The number of rotatable bonds is 5. The molecule has 2 aromatic rings. The van der Waals surface area contributed by atoms with Crippen LogP contribution >= 0.6 is 11.6 Å². The molecule has 0 unspecified atom stereocenters. The average molecular weight is 370 g/mol. The molecule has 0 spiro atoms.